The van der Waals surface area contributed by atoms with Gasteiger partial charge in [0.05, 0.1) is 0 Å². The molecule has 110 valence electrons. The summed E-state index contributed by atoms with van der Waals surface area (Å²) >= 11 is 0. The number of nitrogens with one attached hydrogen (secondary N) is 2. The molecule has 0 radical (unpaired) electrons. The number of carbonyl (C=O) groups is 1. The highest BCUT2D eigenvalue weighted by Gasteiger charge is 2.25. The van der Waals surface area contributed by atoms with Crippen molar-refractivity contribution in [2.45, 2.75) is 37.8 Å². The summed E-state index contributed by atoms with van der Waals surface area (Å²) in [4.78, 5) is 23.8. The van der Waals surface area contributed by atoms with Crippen molar-refractivity contribution in [3.8, 4) is 6.01 Å². The van der Waals surface area contributed by atoms with Crippen LogP contribution < -0.4 is 10.1 Å². The lowest BCUT2D eigenvalue weighted by Gasteiger charge is -2.28. The first-order chi connectivity index (χ1) is 10.3. The molecule has 8 heteroatoms. The standard InChI is InChI=1S/C13H16N6O2/c20-12(11-16-8-17-19-11)18-9-2-4-10(5-3-9)21-13-14-6-1-7-15-13/h1,6-10H,2-5H2,(H,18,20)(H,16,17,19). The van der Waals surface area contributed by atoms with Gasteiger partial charge in [0.25, 0.3) is 5.91 Å². The molecule has 1 aliphatic carbocycles. The summed E-state index contributed by atoms with van der Waals surface area (Å²) in [6.45, 7) is 0. The summed E-state index contributed by atoms with van der Waals surface area (Å²) < 4.78 is 5.72. The zero-order chi connectivity index (χ0) is 14.5. The molecular formula is C13H16N6O2. The summed E-state index contributed by atoms with van der Waals surface area (Å²) in [6.07, 6.45) is 8.18. The van der Waals surface area contributed by atoms with E-state index in [4.69, 9.17) is 4.74 Å². The van der Waals surface area contributed by atoms with E-state index in [1.165, 1.54) is 6.33 Å². The fourth-order valence-electron chi connectivity index (χ4n) is 2.39. The van der Waals surface area contributed by atoms with E-state index in [-0.39, 0.29) is 23.9 Å². The molecule has 8 nitrogen and oxygen atoms in total. The number of amides is 1. The molecule has 0 atom stereocenters. The zero-order valence-corrected chi connectivity index (χ0v) is 11.4. The summed E-state index contributed by atoms with van der Waals surface area (Å²) in [5.41, 5.74) is 0. The minimum atomic E-state index is -0.219. The van der Waals surface area contributed by atoms with Crippen molar-refractivity contribution in [3.05, 3.63) is 30.6 Å². The monoisotopic (exact) mass is 288 g/mol. The highest BCUT2D eigenvalue weighted by Crippen LogP contribution is 2.22. The lowest BCUT2D eigenvalue weighted by Crippen LogP contribution is -2.40. The fourth-order valence-corrected chi connectivity index (χ4v) is 2.39. The van der Waals surface area contributed by atoms with Gasteiger partial charge in [-0.15, -0.1) is 0 Å². The average Bonchev–Trinajstić information content (AvgIpc) is 3.05. The van der Waals surface area contributed by atoms with Gasteiger partial charge in [0.1, 0.15) is 12.4 Å². The van der Waals surface area contributed by atoms with Gasteiger partial charge in [0.15, 0.2) is 0 Å². The first-order valence-corrected chi connectivity index (χ1v) is 6.91. The van der Waals surface area contributed by atoms with E-state index in [0.29, 0.717) is 6.01 Å². The lowest BCUT2D eigenvalue weighted by molar-refractivity contribution is 0.0875. The van der Waals surface area contributed by atoms with Crippen molar-refractivity contribution in [3.63, 3.8) is 0 Å². The number of hydrogen-bond acceptors (Lipinski definition) is 6. The van der Waals surface area contributed by atoms with Crippen molar-refractivity contribution >= 4 is 5.91 Å². The minimum absolute atomic E-state index is 0.103. The van der Waals surface area contributed by atoms with Gasteiger partial charge < -0.3 is 10.1 Å². The third-order valence-electron chi connectivity index (χ3n) is 3.45. The fraction of sp³-hybridized carbons (Fsp3) is 0.462. The van der Waals surface area contributed by atoms with Crippen molar-refractivity contribution in [2.75, 3.05) is 0 Å². The minimum Gasteiger partial charge on any atom is -0.460 e. The van der Waals surface area contributed by atoms with Crippen LogP contribution in [0.3, 0.4) is 0 Å². The molecule has 1 amide bonds. The topological polar surface area (TPSA) is 106 Å². The number of H-pyrrole nitrogens is 1. The van der Waals surface area contributed by atoms with Crippen LogP contribution in [0.25, 0.3) is 0 Å². The second-order valence-electron chi connectivity index (χ2n) is 4.93. The van der Waals surface area contributed by atoms with Crippen molar-refractivity contribution in [2.24, 2.45) is 0 Å². The molecule has 1 saturated carbocycles. The van der Waals surface area contributed by atoms with Crippen LogP contribution in [-0.4, -0.2) is 43.2 Å². The van der Waals surface area contributed by atoms with E-state index >= 15 is 0 Å². The maximum Gasteiger partial charge on any atom is 0.316 e. The van der Waals surface area contributed by atoms with E-state index in [1.807, 2.05) is 0 Å². The zero-order valence-electron chi connectivity index (χ0n) is 11.4. The Morgan fingerprint density at radius 1 is 1.19 bits per heavy atom. The van der Waals surface area contributed by atoms with Crippen LogP contribution in [0.1, 0.15) is 36.3 Å². The number of aromatic nitrogens is 5. The van der Waals surface area contributed by atoms with Gasteiger partial charge in [-0.2, -0.15) is 5.10 Å². The number of aromatic amines is 1. The molecule has 0 saturated heterocycles. The van der Waals surface area contributed by atoms with Crippen LogP contribution in [0, 0.1) is 0 Å². The second kappa shape index (κ2) is 6.29. The highest BCUT2D eigenvalue weighted by atomic mass is 16.5. The number of hydrogen-bond donors (Lipinski definition) is 2. The highest BCUT2D eigenvalue weighted by molar-refractivity contribution is 5.90. The average molecular weight is 288 g/mol. The molecular weight excluding hydrogens is 272 g/mol. The van der Waals surface area contributed by atoms with Gasteiger partial charge >= 0.3 is 6.01 Å². The SMILES string of the molecule is O=C(NC1CCC(Oc2ncccn2)CC1)c1ncn[nH]1. The lowest BCUT2D eigenvalue weighted by atomic mass is 9.93. The third-order valence-corrected chi connectivity index (χ3v) is 3.45. The number of carbonyl (C=O) groups excluding carboxylic acids is 1. The Morgan fingerprint density at radius 3 is 2.62 bits per heavy atom. The van der Waals surface area contributed by atoms with E-state index in [9.17, 15) is 4.79 Å². The van der Waals surface area contributed by atoms with E-state index < -0.39 is 0 Å². The van der Waals surface area contributed by atoms with Gasteiger partial charge in [-0.1, -0.05) is 0 Å². The predicted molar refractivity (Wildman–Crippen MR) is 72.6 cm³/mol. The van der Waals surface area contributed by atoms with E-state index in [1.54, 1.807) is 18.5 Å². The molecule has 0 aliphatic heterocycles. The van der Waals surface area contributed by atoms with Crippen molar-refractivity contribution in [1.29, 1.82) is 0 Å². The van der Waals surface area contributed by atoms with Gasteiger partial charge in [0, 0.05) is 18.4 Å². The molecule has 0 unspecified atom stereocenters. The quantitative estimate of drug-likeness (QED) is 0.858. The van der Waals surface area contributed by atoms with Gasteiger partial charge in [-0.25, -0.2) is 15.0 Å². The summed E-state index contributed by atoms with van der Waals surface area (Å²) in [6, 6.07) is 2.30. The largest absolute Gasteiger partial charge is 0.460 e. The Kier molecular flexibility index (Phi) is 4.04. The molecule has 1 fully saturated rings. The normalized spacial score (nSPS) is 21.7. The maximum absolute atomic E-state index is 11.9. The van der Waals surface area contributed by atoms with Crippen LogP contribution in [0.5, 0.6) is 6.01 Å². The van der Waals surface area contributed by atoms with Gasteiger partial charge in [-0.3, -0.25) is 9.89 Å². The van der Waals surface area contributed by atoms with Crippen LogP contribution in [0.15, 0.2) is 24.8 Å². The Balaban J connectivity index is 1.46. The summed E-state index contributed by atoms with van der Waals surface area (Å²) in [7, 11) is 0. The number of ether oxygens (including phenoxy) is 1. The predicted octanol–water partition coefficient (Wildman–Crippen LogP) is 0.715. The van der Waals surface area contributed by atoms with E-state index in [0.717, 1.165) is 25.7 Å². The Morgan fingerprint density at radius 2 is 1.95 bits per heavy atom. The Hall–Kier alpha value is -2.51. The van der Waals surface area contributed by atoms with Crippen LogP contribution >= 0.6 is 0 Å². The molecule has 1 aliphatic rings. The van der Waals surface area contributed by atoms with Crippen LogP contribution in [-0.2, 0) is 0 Å². The molecule has 0 bridgehead atoms. The Labute approximate surface area is 121 Å². The molecule has 2 aromatic heterocycles. The molecule has 2 heterocycles. The summed E-state index contributed by atoms with van der Waals surface area (Å²) in [5, 5.41) is 9.16. The molecule has 3 rings (SSSR count). The maximum atomic E-state index is 11.9. The van der Waals surface area contributed by atoms with Gasteiger partial charge in [0.2, 0.25) is 5.82 Å². The molecule has 2 aromatic rings. The molecule has 2 N–H and O–H groups in total. The first-order valence-electron chi connectivity index (χ1n) is 6.91. The molecule has 0 spiro atoms. The number of nitrogens with zero attached hydrogens (tertiary/aromatic N) is 4. The third kappa shape index (κ3) is 3.53. The van der Waals surface area contributed by atoms with E-state index in [2.05, 4.69) is 30.5 Å². The Bertz CT molecular complexity index is 566. The number of rotatable bonds is 4. The van der Waals surface area contributed by atoms with Crippen LogP contribution in [0.4, 0.5) is 0 Å². The van der Waals surface area contributed by atoms with Crippen LogP contribution in [0.2, 0.25) is 0 Å². The van der Waals surface area contributed by atoms with Gasteiger partial charge in [-0.05, 0) is 31.7 Å². The second-order valence-corrected chi connectivity index (χ2v) is 4.93. The van der Waals surface area contributed by atoms with Crippen molar-refractivity contribution < 1.29 is 9.53 Å². The first kappa shape index (κ1) is 13.5. The van der Waals surface area contributed by atoms with Crippen molar-refractivity contribution in [1.82, 2.24) is 30.5 Å². The smallest absolute Gasteiger partial charge is 0.316 e. The molecule has 0 aromatic carbocycles. The molecule has 21 heavy (non-hydrogen) atoms. The summed E-state index contributed by atoms with van der Waals surface area (Å²) in [5.74, 6) is 0.0225.